The van der Waals surface area contributed by atoms with Crippen LogP contribution in [0, 0.1) is 42.4 Å². The fourth-order valence-electron chi connectivity index (χ4n) is 11.4. The number of benzene rings is 1. The summed E-state index contributed by atoms with van der Waals surface area (Å²) in [5.74, 6) is 9.54. The molecule has 0 saturated heterocycles. The minimum absolute atomic E-state index is 0.178. The Hall–Kier alpha value is -2.56. The maximum atomic E-state index is 5.60. The van der Waals surface area contributed by atoms with Crippen molar-refractivity contribution in [1.82, 2.24) is 24.5 Å². The molecule has 8 saturated carbocycles. The topological polar surface area (TPSA) is 56.5 Å². The zero-order valence-electron chi connectivity index (χ0n) is 23.6. The van der Waals surface area contributed by atoms with Crippen LogP contribution in [0.1, 0.15) is 94.4 Å². The van der Waals surface area contributed by atoms with E-state index < -0.39 is 0 Å². The van der Waals surface area contributed by atoms with Crippen molar-refractivity contribution in [2.45, 2.75) is 94.8 Å². The molecule has 8 aliphatic rings. The number of hydrogen-bond acceptors (Lipinski definition) is 4. The van der Waals surface area contributed by atoms with Crippen molar-refractivity contribution in [2.24, 2.45) is 42.6 Å². The molecule has 0 N–H and O–H groups in total. The molecular formula is C34H41N5. The lowest BCUT2D eigenvalue weighted by atomic mass is 9.49. The zero-order chi connectivity index (χ0) is 25.9. The molecule has 8 aliphatic carbocycles. The molecule has 8 bridgehead atoms. The van der Waals surface area contributed by atoms with Crippen LogP contribution < -0.4 is 0 Å². The van der Waals surface area contributed by atoms with Crippen molar-refractivity contribution in [2.75, 3.05) is 0 Å². The largest absolute Gasteiger partial charge is 0.334 e. The van der Waals surface area contributed by atoms with Gasteiger partial charge in [0, 0.05) is 35.2 Å². The van der Waals surface area contributed by atoms with E-state index in [4.69, 9.17) is 19.9 Å². The summed E-state index contributed by atoms with van der Waals surface area (Å²) in [6, 6.07) is 8.81. The standard InChI is InChI=1S/C34H41N5/c1-20-19-39(2)30(35-20)28-5-3-4-27(12-28)29-36-31(33-13-21-6-22(14-33)8-23(7-21)15-33)38-32(37-29)34-16-24-9-25(17-34)11-26(10-24)18-34/h3-5,12,19,21-26H,6-11,13-18H2,1-2H3. The molecule has 11 rings (SSSR count). The van der Waals surface area contributed by atoms with Gasteiger partial charge in [0.25, 0.3) is 0 Å². The Morgan fingerprint density at radius 3 is 1.54 bits per heavy atom. The Bertz CT molecular complexity index is 1330. The Labute approximate surface area is 232 Å². The lowest BCUT2D eigenvalue weighted by Gasteiger charge is -2.57. The van der Waals surface area contributed by atoms with Gasteiger partial charge in [-0.25, -0.2) is 19.9 Å². The van der Waals surface area contributed by atoms with Crippen molar-refractivity contribution in [3.8, 4) is 22.8 Å². The molecule has 5 nitrogen and oxygen atoms in total. The molecule has 39 heavy (non-hydrogen) atoms. The van der Waals surface area contributed by atoms with Crippen LogP contribution in [0.15, 0.2) is 30.5 Å². The van der Waals surface area contributed by atoms with Gasteiger partial charge < -0.3 is 4.57 Å². The highest BCUT2D eigenvalue weighted by Crippen LogP contribution is 2.62. The van der Waals surface area contributed by atoms with Gasteiger partial charge in [-0.2, -0.15) is 0 Å². The molecule has 3 aromatic rings. The molecule has 202 valence electrons. The van der Waals surface area contributed by atoms with Crippen LogP contribution in [0.3, 0.4) is 0 Å². The second-order valence-corrected chi connectivity index (χ2v) is 15.1. The fourth-order valence-corrected chi connectivity index (χ4v) is 11.4. The molecule has 5 heteroatoms. The third-order valence-corrected chi connectivity index (χ3v) is 12.0. The number of imidazole rings is 1. The van der Waals surface area contributed by atoms with Gasteiger partial charge in [0.2, 0.25) is 0 Å². The van der Waals surface area contributed by atoms with E-state index in [1.54, 1.807) is 0 Å². The second kappa shape index (κ2) is 8.01. The van der Waals surface area contributed by atoms with E-state index in [9.17, 15) is 0 Å². The minimum Gasteiger partial charge on any atom is -0.334 e. The number of hydrogen-bond donors (Lipinski definition) is 0. The predicted octanol–water partition coefficient (Wildman–Crippen LogP) is 7.18. The molecule has 2 aromatic heterocycles. The number of nitrogens with zero attached hydrogens (tertiary/aromatic N) is 5. The molecular weight excluding hydrogens is 478 g/mol. The first-order chi connectivity index (χ1) is 18.9. The lowest BCUT2D eigenvalue weighted by molar-refractivity contribution is -0.0155. The third kappa shape index (κ3) is 3.56. The maximum absolute atomic E-state index is 5.60. The van der Waals surface area contributed by atoms with E-state index in [1.165, 1.54) is 77.0 Å². The van der Waals surface area contributed by atoms with Crippen molar-refractivity contribution >= 4 is 0 Å². The van der Waals surface area contributed by atoms with E-state index >= 15 is 0 Å². The normalized spacial score (nSPS) is 39.5. The first kappa shape index (κ1) is 23.2. The molecule has 8 fully saturated rings. The minimum atomic E-state index is 0.178. The quantitative estimate of drug-likeness (QED) is 0.366. The zero-order valence-corrected chi connectivity index (χ0v) is 23.6. The summed E-state index contributed by atoms with van der Waals surface area (Å²) >= 11 is 0. The van der Waals surface area contributed by atoms with Crippen LogP contribution in [-0.4, -0.2) is 24.5 Å². The van der Waals surface area contributed by atoms with Gasteiger partial charge >= 0.3 is 0 Å². The maximum Gasteiger partial charge on any atom is 0.163 e. The molecule has 0 unspecified atom stereocenters. The van der Waals surface area contributed by atoms with Gasteiger partial charge in [-0.15, -0.1) is 0 Å². The lowest BCUT2D eigenvalue weighted by Crippen LogP contribution is -2.51. The SMILES string of the molecule is Cc1cn(C)c(-c2cccc(-c3nc(C45CC6CC(CC(C6)C4)C5)nc(C45CC6CC(CC(C6)C4)C5)n3)c2)n1. The summed E-state index contributed by atoms with van der Waals surface area (Å²) in [6.45, 7) is 2.06. The van der Waals surface area contributed by atoms with E-state index in [-0.39, 0.29) is 10.8 Å². The molecule has 0 atom stereocenters. The van der Waals surface area contributed by atoms with Crippen molar-refractivity contribution in [3.63, 3.8) is 0 Å². The highest BCUT2D eigenvalue weighted by Gasteiger charge is 2.56. The highest BCUT2D eigenvalue weighted by molar-refractivity contribution is 5.66. The van der Waals surface area contributed by atoms with Crippen LogP contribution in [0.25, 0.3) is 22.8 Å². The van der Waals surface area contributed by atoms with Gasteiger partial charge in [0.1, 0.15) is 17.5 Å². The summed E-state index contributed by atoms with van der Waals surface area (Å²) in [5, 5.41) is 0. The average Bonchev–Trinajstić information content (AvgIpc) is 3.25. The van der Waals surface area contributed by atoms with Crippen LogP contribution >= 0.6 is 0 Å². The molecule has 0 spiro atoms. The number of rotatable bonds is 4. The van der Waals surface area contributed by atoms with Crippen LogP contribution in [-0.2, 0) is 17.9 Å². The summed E-state index contributed by atoms with van der Waals surface area (Å²) in [7, 11) is 2.08. The Kier molecular flexibility index (Phi) is 4.76. The van der Waals surface area contributed by atoms with E-state index in [2.05, 4.69) is 49.0 Å². The molecule has 0 radical (unpaired) electrons. The second-order valence-electron chi connectivity index (χ2n) is 15.1. The van der Waals surface area contributed by atoms with Gasteiger partial charge in [-0.05, 0) is 126 Å². The number of aryl methyl sites for hydroxylation is 2. The van der Waals surface area contributed by atoms with Crippen LogP contribution in [0.5, 0.6) is 0 Å². The van der Waals surface area contributed by atoms with Crippen molar-refractivity contribution in [1.29, 1.82) is 0 Å². The van der Waals surface area contributed by atoms with E-state index in [0.717, 1.165) is 75.6 Å². The van der Waals surface area contributed by atoms with Crippen molar-refractivity contribution in [3.05, 3.63) is 47.8 Å². The molecule has 1 aromatic carbocycles. The Morgan fingerprint density at radius 2 is 1.10 bits per heavy atom. The van der Waals surface area contributed by atoms with Crippen LogP contribution in [0.2, 0.25) is 0 Å². The van der Waals surface area contributed by atoms with Gasteiger partial charge in [0.05, 0.1) is 5.69 Å². The van der Waals surface area contributed by atoms with E-state index in [1.807, 2.05) is 0 Å². The highest BCUT2D eigenvalue weighted by atomic mass is 15.1. The summed E-state index contributed by atoms with van der Waals surface area (Å²) in [4.78, 5) is 21.3. The van der Waals surface area contributed by atoms with E-state index in [0.29, 0.717) is 0 Å². The first-order valence-electron chi connectivity index (χ1n) is 15.8. The fraction of sp³-hybridized carbons (Fsp3) is 0.647. The third-order valence-electron chi connectivity index (χ3n) is 12.0. The van der Waals surface area contributed by atoms with Gasteiger partial charge in [0.15, 0.2) is 5.82 Å². The summed E-state index contributed by atoms with van der Waals surface area (Å²) in [5.41, 5.74) is 3.66. The summed E-state index contributed by atoms with van der Waals surface area (Å²) < 4.78 is 2.13. The average molecular weight is 520 g/mol. The van der Waals surface area contributed by atoms with Gasteiger partial charge in [-0.1, -0.05) is 18.2 Å². The number of aromatic nitrogens is 5. The molecule has 0 aliphatic heterocycles. The first-order valence-corrected chi connectivity index (χ1v) is 15.8. The monoisotopic (exact) mass is 519 g/mol. The van der Waals surface area contributed by atoms with Crippen molar-refractivity contribution < 1.29 is 0 Å². The Balaban J connectivity index is 1.20. The van der Waals surface area contributed by atoms with Gasteiger partial charge in [-0.3, -0.25) is 0 Å². The molecule has 0 amide bonds. The summed E-state index contributed by atoms with van der Waals surface area (Å²) in [6.07, 6.45) is 18.6. The Morgan fingerprint density at radius 1 is 0.641 bits per heavy atom. The molecule has 2 heterocycles. The van der Waals surface area contributed by atoms with Crippen LogP contribution in [0.4, 0.5) is 0 Å². The predicted molar refractivity (Wildman–Crippen MR) is 152 cm³/mol. The smallest absolute Gasteiger partial charge is 0.163 e.